The average molecular weight is 468 g/mol. The van der Waals surface area contributed by atoms with E-state index in [-0.39, 0.29) is 18.5 Å². The summed E-state index contributed by atoms with van der Waals surface area (Å²) in [7, 11) is 3.31. The fraction of sp³-hybridized carbons (Fsp3) is 0.720. The van der Waals surface area contributed by atoms with E-state index >= 15 is 0 Å². The second-order valence-electron chi connectivity index (χ2n) is 8.85. The number of carbonyl (C=O) groups excluding carboxylic acids is 1. The minimum atomic E-state index is -0.807. The van der Waals surface area contributed by atoms with E-state index in [1.165, 1.54) is 0 Å². The van der Waals surface area contributed by atoms with Crippen molar-refractivity contribution >= 4 is 6.03 Å². The van der Waals surface area contributed by atoms with Crippen molar-refractivity contribution in [2.75, 3.05) is 40.5 Å². The molecule has 0 saturated carbocycles. The van der Waals surface area contributed by atoms with E-state index in [4.69, 9.17) is 19.9 Å². The molecule has 1 aromatic carbocycles. The van der Waals surface area contributed by atoms with Crippen molar-refractivity contribution in [3.05, 3.63) is 23.8 Å². The van der Waals surface area contributed by atoms with Crippen LogP contribution in [0.5, 0.6) is 11.5 Å². The Balaban J connectivity index is 2.66. The van der Waals surface area contributed by atoms with E-state index in [2.05, 4.69) is 31.4 Å². The molecule has 1 rings (SSSR count). The predicted molar refractivity (Wildman–Crippen MR) is 132 cm³/mol. The van der Waals surface area contributed by atoms with Crippen LogP contribution in [0.3, 0.4) is 0 Å². The summed E-state index contributed by atoms with van der Waals surface area (Å²) in [6, 6.07) is 5.28. The monoisotopic (exact) mass is 467 g/mol. The summed E-state index contributed by atoms with van der Waals surface area (Å²) in [5, 5.41) is 16.0. The van der Waals surface area contributed by atoms with Gasteiger partial charge in [0.05, 0.1) is 19.8 Å². The number of carbonyl (C=O) groups is 1. The Morgan fingerprint density at radius 3 is 2.52 bits per heavy atom. The maximum absolute atomic E-state index is 11.8. The van der Waals surface area contributed by atoms with E-state index in [1.54, 1.807) is 14.2 Å². The second-order valence-corrected chi connectivity index (χ2v) is 8.85. The van der Waals surface area contributed by atoms with E-state index in [1.807, 2.05) is 18.2 Å². The highest BCUT2D eigenvalue weighted by molar-refractivity contribution is 5.73. The van der Waals surface area contributed by atoms with Crippen molar-refractivity contribution in [2.24, 2.45) is 17.6 Å². The Kier molecular flexibility index (Phi) is 14.6. The van der Waals surface area contributed by atoms with Gasteiger partial charge in [0.2, 0.25) is 0 Å². The first-order valence-electron chi connectivity index (χ1n) is 12.1. The lowest BCUT2D eigenvalue weighted by atomic mass is 9.83. The zero-order valence-electron chi connectivity index (χ0n) is 21.1. The molecule has 0 aliphatic rings. The van der Waals surface area contributed by atoms with Crippen LogP contribution >= 0.6 is 0 Å². The highest BCUT2D eigenvalue weighted by Gasteiger charge is 2.23. The van der Waals surface area contributed by atoms with E-state index < -0.39 is 12.1 Å². The molecule has 0 fully saturated rings. The minimum Gasteiger partial charge on any atom is -0.493 e. The molecule has 0 radical (unpaired) electrons. The predicted octanol–water partition coefficient (Wildman–Crippen LogP) is 3.10. The lowest BCUT2D eigenvalue weighted by molar-refractivity contribution is 0.125. The number of aliphatic hydroxyl groups is 1. The number of urea groups is 1. The molecule has 33 heavy (non-hydrogen) atoms. The number of amides is 2. The first kappa shape index (κ1) is 29.0. The molecular weight excluding hydrogens is 422 g/mol. The van der Waals surface area contributed by atoms with Gasteiger partial charge in [0.25, 0.3) is 0 Å². The highest BCUT2D eigenvalue weighted by Crippen LogP contribution is 2.31. The average Bonchev–Trinajstić information content (AvgIpc) is 2.80. The number of nitrogens with one attached hydrogen (secondary N) is 2. The molecule has 0 aliphatic carbocycles. The molecule has 0 saturated heterocycles. The largest absolute Gasteiger partial charge is 0.493 e. The maximum atomic E-state index is 11.8. The van der Waals surface area contributed by atoms with Crippen LogP contribution in [-0.4, -0.2) is 63.8 Å². The number of ether oxygens (including phenoxy) is 3. The van der Waals surface area contributed by atoms with Gasteiger partial charge in [-0.1, -0.05) is 33.3 Å². The number of nitrogens with two attached hydrogens (primary N) is 1. The quantitative estimate of drug-likeness (QED) is 0.262. The SMILES string of the molecule is CCCCNC(=O)NCC(O)C(N)CC(Cc1ccc(OC)c(OCCCOC)c1)C(C)C. The van der Waals surface area contributed by atoms with Crippen molar-refractivity contribution in [1.29, 1.82) is 0 Å². The van der Waals surface area contributed by atoms with Crippen molar-refractivity contribution in [3.8, 4) is 11.5 Å². The Morgan fingerprint density at radius 1 is 1.12 bits per heavy atom. The summed E-state index contributed by atoms with van der Waals surface area (Å²) in [5.74, 6) is 2.06. The Hall–Kier alpha value is -2.03. The minimum absolute atomic E-state index is 0.131. The summed E-state index contributed by atoms with van der Waals surface area (Å²) in [4.78, 5) is 11.8. The van der Waals surface area contributed by atoms with Gasteiger partial charge in [0.1, 0.15) is 0 Å². The Bertz CT molecular complexity index is 671. The van der Waals surface area contributed by atoms with Crippen LogP contribution < -0.4 is 25.8 Å². The van der Waals surface area contributed by atoms with Gasteiger partial charge in [0.15, 0.2) is 11.5 Å². The highest BCUT2D eigenvalue weighted by atomic mass is 16.5. The summed E-state index contributed by atoms with van der Waals surface area (Å²) < 4.78 is 16.4. The zero-order valence-corrected chi connectivity index (χ0v) is 21.1. The molecule has 3 atom stereocenters. The lowest BCUT2D eigenvalue weighted by Crippen LogP contribution is -2.47. The number of unbranched alkanes of at least 4 members (excludes halogenated alkanes) is 1. The van der Waals surface area contributed by atoms with Gasteiger partial charge < -0.3 is 35.7 Å². The molecule has 190 valence electrons. The normalized spacial score (nSPS) is 13.9. The molecule has 2 amide bonds. The van der Waals surface area contributed by atoms with Crippen molar-refractivity contribution < 1.29 is 24.1 Å². The van der Waals surface area contributed by atoms with Crippen LogP contribution in [0.25, 0.3) is 0 Å². The number of hydrogen-bond donors (Lipinski definition) is 4. The van der Waals surface area contributed by atoms with Crippen LogP contribution in [0.2, 0.25) is 0 Å². The number of methoxy groups -OCH3 is 2. The zero-order chi connectivity index (χ0) is 24.6. The fourth-order valence-corrected chi connectivity index (χ4v) is 3.54. The molecule has 0 aliphatic heterocycles. The van der Waals surface area contributed by atoms with E-state index in [9.17, 15) is 9.90 Å². The molecule has 0 bridgehead atoms. The second kappa shape index (κ2) is 16.6. The fourth-order valence-electron chi connectivity index (χ4n) is 3.54. The van der Waals surface area contributed by atoms with E-state index in [0.717, 1.165) is 37.0 Å². The van der Waals surface area contributed by atoms with Gasteiger partial charge in [-0.05, 0) is 48.8 Å². The summed E-state index contributed by atoms with van der Waals surface area (Å²) in [5.41, 5.74) is 7.44. The molecule has 8 nitrogen and oxygen atoms in total. The third-order valence-corrected chi connectivity index (χ3v) is 5.78. The van der Waals surface area contributed by atoms with Crippen LogP contribution in [-0.2, 0) is 11.2 Å². The van der Waals surface area contributed by atoms with Gasteiger partial charge in [0, 0.05) is 39.3 Å². The summed E-state index contributed by atoms with van der Waals surface area (Å²) in [6.45, 7) is 8.34. The number of rotatable bonds is 17. The van der Waals surface area contributed by atoms with Crippen LogP contribution in [0.15, 0.2) is 18.2 Å². The molecule has 3 unspecified atom stereocenters. The number of benzene rings is 1. The van der Waals surface area contributed by atoms with Gasteiger partial charge in [-0.3, -0.25) is 0 Å². The van der Waals surface area contributed by atoms with Crippen molar-refractivity contribution in [2.45, 2.75) is 65.0 Å². The van der Waals surface area contributed by atoms with Crippen LogP contribution in [0.1, 0.15) is 52.0 Å². The smallest absolute Gasteiger partial charge is 0.314 e. The lowest BCUT2D eigenvalue weighted by Gasteiger charge is -2.27. The van der Waals surface area contributed by atoms with Crippen LogP contribution in [0, 0.1) is 11.8 Å². The van der Waals surface area contributed by atoms with Gasteiger partial charge in [-0.15, -0.1) is 0 Å². The van der Waals surface area contributed by atoms with Gasteiger partial charge in [-0.2, -0.15) is 0 Å². The summed E-state index contributed by atoms with van der Waals surface area (Å²) in [6.07, 6.45) is 3.39. The molecule has 0 aromatic heterocycles. The number of hydrogen-bond acceptors (Lipinski definition) is 6. The Labute approximate surface area is 199 Å². The van der Waals surface area contributed by atoms with Crippen molar-refractivity contribution in [3.63, 3.8) is 0 Å². The first-order valence-corrected chi connectivity index (χ1v) is 12.1. The van der Waals surface area contributed by atoms with E-state index in [0.29, 0.717) is 37.8 Å². The summed E-state index contributed by atoms with van der Waals surface area (Å²) >= 11 is 0. The topological polar surface area (TPSA) is 115 Å². The third-order valence-electron chi connectivity index (χ3n) is 5.78. The molecule has 0 heterocycles. The van der Waals surface area contributed by atoms with Gasteiger partial charge in [-0.25, -0.2) is 4.79 Å². The van der Waals surface area contributed by atoms with Gasteiger partial charge >= 0.3 is 6.03 Å². The van der Waals surface area contributed by atoms with Crippen LogP contribution in [0.4, 0.5) is 4.79 Å². The molecule has 0 spiro atoms. The molecular formula is C25H45N3O5. The number of aliphatic hydroxyl groups excluding tert-OH is 1. The molecule has 1 aromatic rings. The third kappa shape index (κ3) is 11.6. The Morgan fingerprint density at radius 2 is 1.88 bits per heavy atom. The van der Waals surface area contributed by atoms with Crippen molar-refractivity contribution in [1.82, 2.24) is 10.6 Å². The molecule has 8 heteroatoms. The maximum Gasteiger partial charge on any atom is 0.314 e. The first-order chi connectivity index (χ1) is 15.8. The molecule has 5 N–H and O–H groups in total. The standard InChI is InChI=1S/C25H45N3O5/c1-6-7-11-27-25(30)28-17-22(29)21(26)16-20(18(2)3)14-19-9-10-23(32-5)24(15-19)33-13-8-12-31-4/h9-10,15,18,20-22,29H,6-8,11-14,16-17,26H2,1-5H3,(H2,27,28,30).